The molecule has 102 valence electrons. The highest BCUT2D eigenvalue weighted by Crippen LogP contribution is 2.38. The van der Waals surface area contributed by atoms with E-state index in [1.165, 1.54) is 33.3 Å². The van der Waals surface area contributed by atoms with Crippen LogP contribution in [-0.2, 0) is 5.41 Å². The van der Waals surface area contributed by atoms with Crippen LogP contribution in [0.4, 0.5) is 0 Å². The van der Waals surface area contributed by atoms with E-state index in [1.54, 1.807) is 0 Å². The molecule has 0 saturated heterocycles. The lowest BCUT2D eigenvalue weighted by molar-refractivity contribution is 0.597. The Kier molecular flexibility index (Phi) is 2.93. The summed E-state index contributed by atoms with van der Waals surface area (Å²) >= 11 is 0. The van der Waals surface area contributed by atoms with Crippen LogP contribution in [-0.4, -0.2) is 4.98 Å². The van der Waals surface area contributed by atoms with E-state index >= 15 is 0 Å². The van der Waals surface area contributed by atoms with Crippen molar-refractivity contribution in [3.8, 4) is 11.3 Å². The van der Waals surface area contributed by atoms with E-state index in [1.807, 2.05) is 0 Å². The van der Waals surface area contributed by atoms with Crippen molar-refractivity contribution in [2.75, 3.05) is 0 Å². The number of fused-ring (bicyclic) bond motifs is 1. The second kappa shape index (κ2) is 4.52. The Morgan fingerprint density at radius 3 is 2.15 bits per heavy atom. The van der Waals surface area contributed by atoms with Crippen LogP contribution >= 0.6 is 0 Å². The van der Waals surface area contributed by atoms with Crippen molar-refractivity contribution in [3.05, 3.63) is 59.7 Å². The molecule has 20 heavy (non-hydrogen) atoms. The lowest BCUT2D eigenvalue weighted by Gasteiger charge is -2.20. The zero-order valence-electron chi connectivity index (χ0n) is 12.6. The van der Waals surface area contributed by atoms with Crippen molar-refractivity contribution in [1.29, 1.82) is 0 Å². The molecule has 0 radical (unpaired) electrons. The molecule has 1 aromatic heterocycles. The van der Waals surface area contributed by atoms with Crippen molar-refractivity contribution >= 4 is 10.9 Å². The second-order valence-electron chi connectivity index (χ2n) is 6.54. The summed E-state index contributed by atoms with van der Waals surface area (Å²) in [4.78, 5) is 3.61. The third-order valence-electron chi connectivity index (χ3n) is 3.80. The second-order valence-corrected chi connectivity index (χ2v) is 6.54. The maximum Gasteiger partial charge on any atom is 0.0502 e. The number of nitrogens with one attached hydrogen (secondary N) is 1. The summed E-state index contributed by atoms with van der Waals surface area (Å²) in [5.41, 5.74) is 6.53. The Labute approximate surface area is 120 Å². The van der Waals surface area contributed by atoms with Crippen molar-refractivity contribution < 1.29 is 0 Å². The normalized spacial score (nSPS) is 12.0. The molecule has 0 aliphatic rings. The Morgan fingerprint density at radius 2 is 1.50 bits per heavy atom. The van der Waals surface area contributed by atoms with Gasteiger partial charge in [0.15, 0.2) is 0 Å². The molecule has 0 saturated carbocycles. The van der Waals surface area contributed by atoms with E-state index in [0.717, 1.165) is 0 Å². The van der Waals surface area contributed by atoms with Gasteiger partial charge in [0.1, 0.15) is 0 Å². The maximum absolute atomic E-state index is 3.61. The summed E-state index contributed by atoms with van der Waals surface area (Å²) < 4.78 is 0. The lowest BCUT2D eigenvalue weighted by Crippen LogP contribution is -2.11. The molecule has 1 heteroatoms. The fraction of sp³-hybridized carbons (Fsp3) is 0.263. The monoisotopic (exact) mass is 263 g/mol. The number of H-pyrrole nitrogens is 1. The number of rotatable bonds is 1. The van der Waals surface area contributed by atoms with Crippen LogP contribution in [0.2, 0.25) is 0 Å². The number of hydrogen-bond acceptors (Lipinski definition) is 0. The molecule has 1 heterocycles. The van der Waals surface area contributed by atoms with Crippen molar-refractivity contribution in [2.45, 2.75) is 33.1 Å². The van der Waals surface area contributed by atoms with Gasteiger partial charge in [0.05, 0.1) is 5.69 Å². The molecule has 1 N–H and O–H groups in total. The Morgan fingerprint density at radius 1 is 0.850 bits per heavy atom. The molecule has 1 nitrogen and oxygen atoms in total. The molecule has 3 aromatic rings. The van der Waals surface area contributed by atoms with Crippen molar-refractivity contribution in [3.63, 3.8) is 0 Å². The zero-order chi connectivity index (χ0) is 14.3. The molecule has 0 amide bonds. The number of para-hydroxylation sites is 1. The summed E-state index contributed by atoms with van der Waals surface area (Å²) in [5.74, 6) is 0. The fourth-order valence-corrected chi connectivity index (χ4v) is 2.86. The van der Waals surface area contributed by atoms with E-state index in [0.29, 0.717) is 0 Å². The molecule has 0 bridgehead atoms. The van der Waals surface area contributed by atoms with Gasteiger partial charge in [-0.15, -0.1) is 0 Å². The molecule has 0 aliphatic carbocycles. The molecule has 0 atom stereocenters. The minimum Gasteiger partial charge on any atom is -0.354 e. The van der Waals surface area contributed by atoms with Crippen LogP contribution in [0.25, 0.3) is 22.2 Å². The standard InChI is InChI=1S/C19H21N/c1-13-9-11-14(12-10-13)18-17(19(2,3)4)15-7-5-6-8-16(15)20-18/h5-12,20H,1-4H3. The van der Waals surface area contributed by atoms with Crippen LogP contribution in [0.15, 0.2) is 48.5 Å². The smallest absolute Gasteiger partial charge is 0.0502 e. The molecule has 0 fully saturated rings. The van der Waals surface area contributed by atoms with E-state index in [9.17, 15) is 0 Å². The summed E-state index contributed by atoms with van der Waals surface area (Å²) in [6.45, 7) is 8.96. The van der Waals surface area contributed by atoms with Gasteiger partial charge in [0, 0.05) is 10.9 Å². The third kappa shape index (κ3) is 2.14. The first kappa shape index (κ1) is 13.0. The molecular weight excluding hydrogens is 242 g/mol. The van der Waals surface area contributed by atoms with Gasteiger partial charge in [-0.2, -0.15) is 0 Å². The molecule has 0 unspecified atom stereocenters. The van der Waals surface area contributed by atoms with E-state index in [2.05, 4.69) is 81.2 Å². The van der Waals surface area contributed by atoms with Crippen molar-refractivity contribution in [2.24, 2.45) is 0 Å². The van der Waals surface area contributed by atoms with Gasteiger partial charge in [-0.05, 0) is 29.5 Å². The largest absolute Gasteiger partial charge is 0.354 e. The summed E-state index contributed by atoms with van der Waals surface area (Å²) in [5, 5.41) is 1.33. The van der Waals surface area contributed by atoms with Crippen LogP contribution in [0.5, 0.6) is 0 Å². The summed E-state index contributed by atoms with van der Waals surface area (Å²) in [7, 11) is 0. The SMILES string of the molecule is Cc1ccc(-c2[nH]c3ccccc3c2C(C)(C)C)cc1. The Balaban J connectivity index is 2.32. The van der Waals surface area contributed by atoms with Gasteiger partial charge < -0.3 is 4.98 Å². The van der Waals surface area contributed by atoms with Crippen molar-refractivity contribution in [1.82, 2.24) is 4.98 Å². The first-order chi connectivity index (χ1) is 9.47. The maximum atomic E-state index is 3.61. The average molecular weight is 263 g/mol. The highest BCUT2D eigenvalue weighted by Gasteiger charge is 2.23. The number of hydrogen-bond donors (Lipinski definition) is 1. The first-order valence-corrected chi connectivity index (χ1v) is 7.15. The quantitative estimate of drug-likeness (QED) is 0.601. The van der Waals surface area contributed by atoms with Gasteiger partial charge in [-0.1, -0.05) is 68.8 Å². The number of benzene rings is 2. The van der Waals surface area contributed by atoms with E-state index in [-0.39, 0.29) is 5.41 Å². The van der Waals surface area contributed by atoms with Crippen LogP contribution in [0, 0.1) is 6.92 Å². The number of aryl methyl sites for hydroxylation is 1. The summed E-state index contributed by atoms with van der Waals surface area (Å²) in [6, 6.07) is 17.3. The van der Waals surface area contributed by atoms with Gasteiger partial charge in [0.25, 0.3) is 0 Å². The average Bonchev–Trinajstić information content (AvgIpc) is 2.78. The Hall–Kier alpha value is -2.02. The summed E-state index contributed by atoms with van der Waals surface area (Å²) in [6.07, 6.45) is 0. The van der Waals surface area contributed by atoms with E-state index < -0.39 is 0 Å². The van der Waals surface area contributed by atoms with Gasteiger partial charge >= 0.3 is 0 Å². The number of aromatic amines is 1. The van der Waals surface area contributed by atoms with E-state index in [4.69, 9.17) is 0 Å². The fourth-order valence-electron chi connectivity index (χ4n) is 2.86. The molecule has 2 aromatic carbocycles. The molecular formula is C19H21N. The zero-order valence-corrected chi connectivity index (χ0v) is 12.6. The van der Waals surface area contributed by atoms with Gasteiger partial charge in [-0.3, -0.25) is 0 Å². The number of aromatic nitrogens is 1. The Bertz CT molecular complexity index is 740. The van der Waals surface area contributed by atoms with Crippen LogP contribution in [0.3, 0.4) is 0 Å². The highest BCUT2D eigenvalue weighted by molar-refractivity contribution is 5.91. The van der Waals surface area contributed by atoms with Gasteiger partial charge in [-0.25, -0.2) is 0 Å². The van der Waals surface area contributed by atoms with Gasteiger partial charge in [0.2, 0.25) is 0 Å². The first-order valence-electron chi connectivity index (χ1n) is 7.15. The minimum atomic E-state index is 0.111. The van der Waals surface area contributed by atoms with Crippen LogP contribution < -0.4 is 0 Å². The molecule has 3 rings (SSSR count). The third-order valence-corrected chi connectivity index (χ3v) is 3.80. The highest BCUT2D eigenvalue weighted by atomic mass is 14.7. The molecule has 0 aliphatic heterocycles. The molecule has 0 spiro atoms. The topological polar surface area (TPSA) is 15.8 Å². The predicted molar refractivity (Wildman–Crippen MR) is 87.2 cm³/mol. The lowest BCUT2D eigenvalue weighted by atomic mass is 9.83. The minimum absolute atomic E-state index is 0.111. The predicted octanol–water partition coefficient (Wildman–Crippen LogP) is 5.44. The van der Waals surface area contributed by atoms with Crippen LogP contribution in [0.1, 0.15) is 31.9 Å².